The highest BCUT2D eigenvalue weighted by molar-refractivity contribution is 5.83. The Bertz CT molecular complexity index is 791. The van der Waals surface area contributed by atoms with Crippen LogP contribution in [0, 0.1) is 17.8 Å². The highest BCUT2D eigenvalue weighted by Crippen LogP contribution is 2.44. The smallest absolute Gasteiger partial charge is 0.119 e. The molecular weight excluding hydrogens is 312 g/mol. The molecule has 4 heteroatoms. The van der Waals surface area contributed by atoms with Crippen molar-refractivity contribution in [2.45, 2.75) is 25.5 Å². The topological polar surface area (TPSA) is 45.6 Å². The van der Waals surface area contributed by atoms with Crippen molar-refractivity contribution < 1.29 is 9.84 Å². The number of hydrogen-bond acceptors (Lipinski definition) is 4. The summed E-state index contributed by atoms with van der Waals surface area (Å²) in [4.78, 5) is 6.89. The largest absolute Gasteiger partial charge is 0.497 e. The molecule has 6 atom stereocenters. The zero-order valence-corrected chi connectivity index (χ0v) is 14.9. The van der Waals surface area contributed by atoms with Gasteiger partial charge in [0.25, 0.3) is 0 Å². The van der Waals surface area contributed by atoms with Crippen molar-refractivity contribution in [3.63, 3.8) is 0 Å². The fourth-order valence-corrected chi connectivity index (χ4v) is 4.83. The zero-order valence-electron chi connectivity index (χ0n) is 14.9. The number of aromatic nitrogens is 1. The number of rotatable bonds is 4. The van der Waals surface area contributed by atoms with E-state index in [1.54, 1.807) is 13.3 Å². The van der Waals surface area contributed by atoms with Gasteiger partial charge in [-0.2, -0.15) is 0 Å². The van der Waals surface area contributed by atoms with Crippen LogP contribution in [0.5, 0.6) is 5.75 Å². The predicted octanol–water partition coefficient (Wildman–Crippen LogP) is 3.42. The van der Waals surface area contributed by atoms with Gasteiger partial charge in [0.2, 0.25) is 0 Å². The molecule has 2 aromatic rings. The highest BCUT2D eigenvalue weighted by atomic mass is 16.5. The first kappa shape index (κ1) is 16.6. The van der Waals surface area contributed by atoms with Gasteiger partial charge in [-0.1, -0.05) is 13.0 Å². The molecule has 4 heterocycles. The lowest BCUT2D eigenvalue weighted by atomic mass is 9.68. The zero-order chi connectivity index (χ0) is 17.6. The Morgan fingerprint density at radius 1 is 1.36 bits per heavy atom. The molecule has 2 bridgehead atoms. The number of aliphatic hydroxyl groups excluding tert-OH is 1. The van der Waals surface area contributed by atoms with Crippen LogP contribution in [0.3, 0.4) is 0 Å². The van der Waals surface area contributed by atoms with Gasteiger partial charge in [0.1, 0.15) is 5.75 Å². The monoisotopic (exact) mass is 338 g/mol. The van der Waals surface area contributed by atoms with Crippen molar-refractivity contribution >= 4 is 10.9 Å². The summed E-state index contributed by atoms with van der Waals surface area (Å²) in [7, 11) is 1.66. The van der Waals surface area contributed by atoms with Gasteiger partial charge in [0.15, 0.2) is 0 Å². The maximum absolute atomic E-state index is 11.2. The Morgan fingerprint density at radius 2 is 2.20 bits per heavy atom. The SMILES string of the molecule is C=C[C@H]1CN2C[C@H](C)[C@H]1C[C@H]2[C@H](O)c1ccnc2ccc(OC)cc12. The summed E-state index contributed by atoms with van der Waals surface area (Å²) in [5, 5.41) is 12.2. The lowest BCUT2D eigenvalue weighted by molar-refractivity contribution is -0.0704. The number of piperidine rings is 3. The molecule has 0 saturated carbocycles. The van der Waals surface area contributed by atoms with Crippen molar-refractivity contribution in [2.75, 3.05) is 20.2 Å². The Morgan fingerprint density at radius 3 is 2.92 bits per heavy atom. The number of pyridine rings is 1. The van der Waals surface area contributed by atoms with Crippen molar-refractivity contribution in [3.8, 4) is 5.75 Å². The Balaban J connectivity index is 1.69. The standard InChI is InChI=1S/C21H26N2O2/c1-4-14-12-23-11-13(2)17(14)10-20(23)21(24)16-7-8-22-19-6-5-15(25-3)9-18(16)19/h4-9,13-14,17,20-21,24H,1,10-12H2,2-3H3/t13-,14-,17+,20-,21+/m0/s1. The highest BCUT2D eigenvalue weighted by Gasteiger charge is 2.45. The van der Waals surface area contributed by atoms with Crippen molar-refractivity contribution in [2.24, 2.45) is 17.8 Å². The molecule has 1 unspecified atom stereocenters. The summed E-state index contributed by atoms with van der Waals surface area (Å²) in [6.45, 7) is 8.40. The first-order valence-corrected chi connectivity index (χ1v) is 9.09. The fourth-order valence-electron chi connectivity index (χ4n) is 4.83. The maximum Gasteiger partial charge on any atom is 0.119 e. The van der Waals surface area contributed by atoms with Crippen LogP contribution in [0.1, 0.15) is 25.0 Å². The van der Waals surface area contributed by atoms with Gasteiger partial charge in [0, 0.05) is 30.7 Å². The summed E-state index contributed by atoms with van der Waals surface area (Å²) in [5.74, 6) is 2.61. The quantitative estimate of drug-likeness (QED) is 0.868. The van der Waals surface area contributed by atoms with E-state index in [4.69, 9.17) is 4.74 Å². The van der Waals surface area contributed by atoms with E-state index in [2.05, 4.69) is 29.5 Å². The minimum atomic E-state index is -0.515. The van der Waals surface area contributed by atoms with Crippen molar-refractivity contribution in [1.82, 2.24) is 9.88 Å². The normalized spacial score (nSPS) is 32.5. The van der Waals surface area contributed by atoms with Crippen LogP contribution in [0.4, 0.5) is 0 Å². The second-order valence-electron chi connectivity index (χ2n) is 7.53. The number of aliphatic hydroxyl groups is 1. The second kappa shape index (κ2) is 6.43. The average Bonchev–Trinajstić information content (AvgIpc) is 2.66. The third-order valence-corrected chi connectivity index (χ3v) is 6.20. The molecule has 3 saturated heterocycles. The van der Waals surface area contributed by atoms with E-state index in [9.17, 15) is 5.11 Å². The minimum Gasteiger partial charge on any atom is -0.497 e. The van der Waals surface area contributed by atoms with E-state index >= 15 is 0 Å². The molecule has 1 aromatic carbocycles. The maximum atomic E-state index is 11.2. The van der Waals surface area contributed by atoms with Crippen LogP contribution in [0.25, 0.3) is 10.9 Å². The number of methoxy groups -OCH3 is 1. The summed E-state index contributed by atoms with van der Waals surface area (Å²) in [6, 6.07) is 7.95. The van der Waals surface area contributed by atoms with Gasteiger partial charge in [0.05, 0.1) is 18.7 Å². The molecular formula is C21H26N2O2. The van der Waals surface area contributed by atoms with Crippen LogP contribution < -0.4 is 4.74 Å². The number of ether oxygens (including phenoxy) is 1. The van der Waals surface area contributed by atoms with Gasteiger partial charge >= 0.3 is 0 Å². The van der Waals surface area contributed by atoms with Gasteiger partial charge in [-0.05, 0) is 54.0 Å². The van der Waals surface area contributed by atoms with E-state index in [-0.39, 0.29) is 6.04 Å². The summed E-state index contributed by atoms with van der Waals surface area (Å²) < 4.78 is 5.36. The van der Waals surface area contributed by atoms with E-state index in [1.807, 2.05) is 24.3 Å². The van der Waals surface area contributed by atoms with E-state index in [1.165, 1.54) is 0 Å². The van der Waals surface area contributed by atoms with Crippen LogP contribution in [-0.2, 0) is 0 Å². The molecule has 0 spiro atoms. The minimum absolute atomic E-state index is 0.161. The molecule has 3 aliphatic rings. The first-order valence-electron chi connectivity index (χ1n) is 9.09. The molecule has 4 nitrogen and oxygen atoms in total. The van der Waals surface area contributed by atoms with Crippen molar-refractivity contribution in [1.29, 1.82) is 0 Å². The fraction of sp³-hybridized carbons (Fsp3) is 0.476. The van der Waals surface area contributed by atoms with Crippen molar-refractivity contribution in [3.05, 3.63) is 48.7 Å². The molecule has 3 aliphatic heterocycles. The van der Waals surface area contributed by atoms with Gasteiger partial charge < -0.3 is 9.84 Å². The molecule has 5 rings (SSSR count). The first-order chi connectivity index (χ1) is 12.1. The molecule has 25 heavy (non-hydrogen) atoms. The number of nitrogens with zero attached hydrogens (tertiary/aromatic N) is 2. The molecule has 132 valence electrons. The molecule has 3 fully saturated rings. The summed E-state index contributed by atoms with van der Waals surface area (Å²) >= 11 is 0. The van der Waals surface area contributed by atoms with Gasteiger partial charge in [-0.3, -0.25) is 9.88 Å². The van der Waals surface area contributed by atoms with Crippen LogP contribution in [0.15, 0.2) is 43.1 Å². The Kier molecular flexibility index (Phi) is 4.26. The molecule has 0 amide bonds. The van der Waals surface area contributed by atoms with E-state index in [0.717, 1.165) is 41.7 Å². The third-order valence-electron chi connectivity index (χ3n) is 6.20. The molecule has 1 aromatic heterocycles. The molecule has 1 N–H and O–H groups in total. The second-order valence-corrected chi connectivity index (χ2v) is 7.53. The van der Waals surface area contributed by atoms with E-state index < -0.39 is 6.10 Å². The Hall–Kier alpha value is -1.91. The lowest BCUT2D eigenvalue weighted by Gasteiger charge is -2.53. The van der Waals surface area contributed by atoms with Gasteiger partial charge in [-0.15, -0.1) is 6.58 Å². The predicted molar refractivity (Wildman–Crippen MR) is 99.6 cm³/mol. The Labute approximate surface area is 149 Å². The number of hydrogen-bond donors (Lipinski definition) is 1. The number of fused-ring (bicyclic) bond motifs is 4. The molecule has 0 aliphatic carbocycles. The van der Waals surface area contributed by atoms with Crippen LogP contribution >= 0.6 is 0 Å². The lowest BCUT2D eigenvalue weighted by Crippen LogP contribution is -2.58. The average molecular weight is 338 g/mol. The summed E-state index contributed by atoms with van der Waals surface area (Å²) in [6.07, 6.45) is 4.40. The summed E-state index contributed by atoms with van der Waals surface area (Å²) in [5.41, 5.74) is 1.84. The van der Waals surface area contributed by atoms with Crippen LogP contribution in [0.2, 0.25) is 0 Å². The molecule has 0 radical (unpaired) electrons. The third kappa shape index (κ3) is 2.74. The van der Waals surface area contributed by atoms with E-state index in [0.29, 0.717) is 17.8 Å². The van der Waals surface area contributed by atoms with Crippen LogP contribution in [-0.4, -0.2) is 41.2 Å². The van der Waals surface area contributed by atoms with Gasteiger partial charge in [-0.25, -0.2) is 0 Å². The number of benzene rings is 1.